The Morgan fingerprint density at radius 3 is 2.25 bits per heavy atom. The number of carbonyl (C=O) groups is 3. The maximum Gasteiger partial charge on any atom is 0.490 e. The highest BCUT2D eigenvalue weighted by Gasteiger charge is 2.38. The van der Waals surface area contributed by atoms with Crippen LogP contribution in [0.3, 0.4) is 0 Å². The van der Waals surface area contributed by atoms with Gasteiger partial charge in [-0.05, 0) is 50.6 Å². The van der Waals surface area contributed by atoms with Gasteiger partial charge < -0.3 is 20.2 Å². The first-order valence-corrected chi connectivity index (χ1v) is 12.9. The van der Waals surface area contributed by atoms with Crippen molar-refractivity contribution in [3.63, 3.8) is 0 Å². The van der Waals surface area contributed by atoms with Crippen LogP contribution in [0.5, 0.6) is 0 Å². The number of hydrogen-bond donors (Lipinski definition) is 2. The minimum atomic E-state index is -5.08. The van der Waals surface area contributed by atoms with Gasteiger partial charge in [-0.1, -0.05) is 22.4 Å². The highest BCUT2D eigenvalue weighted by atomic mass is 79.9. The van der Waals surface area contributed by atoms with Crippen molar-refractivity contribution in [2.75, 3.05) is 52.4 Å². The summed E-state index contributed by atoms with van der Waals surface area (Å²) in [7, 11) is 0. The number of nitrogens with one attached hydrogen (secondary N) is 1. The van der Waals surface area contributed by atoms with E-state index in [1.54, 1.807) is 0 Å². The zero-order valence-corrected chi connectivity index (χ0v) is 22.0. The summed E-state index contributed by atoms with van der Waals surface area (Å²) in [6.07, 6.45) is -0.954. The standard InChI is InChI=1S/C22H33BrN4O2.C2HF3O2/c1-18-4-2-3-12-25(18)16-17-27(22(29)19-5-7-20(23)8-6-19)13-9-21(28)26-14-10-24-11-15-26;3-2(4,5)1(6)7/h5-8,18,24H,2-4,9-17H2,1H3;(H,6,7). The fourth-order valence-electron chi connectivity index (χ4n) is 4.13. The van der Waals surface area contributed by atoms with Crippen LogP contribution in [0, 0.1) is 0 Å². The third-order valence-corrected chi connectivity index (χ3v) is 6.81. The summed E-state index contributed by atoms with van der Waals surface area (Å²) in [5.74, 6) is -2.60. The average molecular weight is 579 g/mol. The lowest BCUT2D eigenvalue weighted by Crippen LogP contribution is -2.48. The number of halogens is 4. The Kier molecular flexibility index (Phi) is 12.1. The molecule has 3 rings (SSSR count). The van der Waals surface area contributed by atoms with Crippen molar-refractivity contribution in [3.05, 3.63) is 34.3 Å². The summed E-state index contributed by atoms with van der Waals surface area (Å²) >= 11 is 3.43. The van der Waals surface area contributed by atoms with Crippen molar-refractivity contribution in [1.82, 2.24) is 20.0 Å². The molecule has 0 radical (unpaired) electrons. The summed E-state index contributed by atoms with van der Waals surface area (Å²) in [4.78, 5) is 40.9. The fourth-order valence-corrected chi connectivity index (χ4v) is 4.40. The average Bonchev–Trinajstić information content (AvgIpc) is 2.85. The van der Waals surface area contributed by atoms with Gasteiger partial charge in [-0.3, -0.25) is 14.5 Å². The first-order valence-electron chi connectivity index (χ1n) is 12.1. The van der Waals surface area contributed by atoms with Gasteiger partial charge in [-0.15, -0.1) is 0 Å². The zero-order chi connectivity index (χ0) is 26.7. The smallest absolute Gasteiger partial charge is 0.475 e. The van der Waals surface area contributed by atoms with Crippen LogP contribution in [0.2, 0.25) is 0 Å². The lowest BCUT2D eigenvalue weighted by Gasteiger charge is -2.35. The van der Waals surface area contributed by atoms with E-state index in [0.717, 1.165) is 43.7 Å². The van der Waals surface area contributed by atoms with Gasteiger partial charge in [0, 0.05) is 68.3 Å². The van der Waals surface area contributed by atoms with E-state index in [-0.39, 0.29) is 11.8 Å². The molecule has 2 aliphatic rings. The van der Waals surface area contributed by atoms with Crippen molar-refractivity contribution in [2.24, 2.45) is 0 Å². The quantitative estimate of drug-likeness (QED) is 0.516. The van der Waals surface area contributed by atoms with Crippen LogP contribution in [0.1, 0.15) is 43.0 Å². The van der Waals surface area contributed by atoms with Crippen molar-refractivity contribution in [1.29, 1.82) is 0 Å². The molecular weight excluding hydrogens is 545 g/mol. The number of piperazine rings is 1. The molecule has 1 unspecified atom stereocenters. The minimum absolute atomic E-state index is 0.00951. The maximum atomic E-state index is 13.2. The van der Waals surface area contributed by atoms with Gasteiger partial charge >= 0.3 is 12.1 Å². The summed E-state index contributed by atoms with van der Waals surface area (Å²) in [5.41, 5.74) is 0.675. The second-order valence-corrected chi connectivity index (χ2v) is 9.78. The molecule has 2 fully saturated rings. The van der Waals surface area contributed by atoms with Gasteiger partial charge in [-0.25, -0.2) is 4.79 Å². The predicted molar refractivity (Wildman–Crippen MR) is 133 cm³/mol. The molecule has 1 atom stereocenters. The number of likely N-dealkylation sites (tertiary alicyclic amines) is 1. The van der Waals surface area contributed by atoms with Gasteiger partial charge in [0.05, 0.1) is 0 Å². The van der Waals surface area contributed by atoms with E-state index < -0.39 is 12.1 Å². The third kappa shape index (κ3) is 10.1. The SMILES string of the molecule is CC1CCCCN1CCN(CCC(=O)N1CCNCC1)C(=O)c1ccc(Br)cc1.O=C(O)C(F)(F)F. The van der Waals surface area contributed by atoms with Crippen molar-refractivity contribution >= 4 is 33.7 Å². The topological polar surface area (TPSA) is 93.2 Å². The Balaban J connectivity index is 0.000000572. The van der Waals surface area contributed by atoms with E-state index in [0.29, 0.717) is 31.1 Å². The number of rotatable bonds is 7. The van der Waals surface area contributed by atoms with Crippen LogP contribution in [0.15, 0.2) is 28.7 Å². The van der Waals surface area contributed by atoms with E-state index in [2.05, 4.69) is 33.1 Å². The monoisotopic (exact) mass is 578 g/mol. The molecule has 202 valence electrons. The van der Waals surface area contributed by atoms with Gasteiger partial charge in [0.1, 0.15) is 0 Å². The van der Waals surface area contributed by atoms with E-state index >= 15 is 0 Å². The van der Waals surface area contributed by atoms with Crippen LogP contribution >= 0.6 is 15.9 Å². The van der Waals surface area contributed by atoms with Crippen molar-refractivity contribution in [3.8, 4) is 0 Å². The van der Waals surface area contributed by atoms with Gasteiger partial charge in [-0.2, -0.15) is 13.2 Å². The molecule has 1 aromatic carbocycles. The van der Waals surface area contributed by atoms with Crippen molar-refractivity contribution < 1.29 is 32.7 Å². The molecule has 2 N–H and O–H groups in total. The van der Waals surface area contributed by atoms with Gasteiger partial charge in [0.15, 0.2) is 0 Å². The molecule has 0 saturated carbocycles. The molecule has 2 saturated heterocycles. The number of alkyl halides is 3. The summed E-state index contributed by atoms with van der Waals surface area (Å²) < 4.78 is 32.7. The van der Waals surface area contributed by atoms with Gasteiger partial charge in [0.2, 0.25) is 5.91 Å². The Morgan fingerprint density at radius 1 is 1.08 bits per heavy atom. The van der Waals surface area contributed by atoms with E-state index in [4.69, 9.17) is 9.90 Å². The number of benzene rings is 1. The van der Waals surface area contributed by atoms with E-state index in [1.807, 2.05) is 34.1 Å². The number of nitrogens with zero attached hydrogens (tertiary/aromatic N) is 3. The minimum Gasteiger partial charge on any atom is -0.475 e. The van der Waals surface area contributed by atoms with Crippen molar-refractivity contribution in [2.45, 2.75) is 44.8 Å². The van der Waals surface area contributed by atoms with Crippen LogP contribution in [-0.4, -0.2) is 102 Å². The van der Waals surface area contributed by atoms with Gasteiger partial charge in [0.25, 0.3) is 5.91 Å². The number of hydrogen-bond acceptors (Lipinski definition) is 5. The summed E-state index contributed by atoms with van der Waals surface area (Å²) in [6.45, 7) is 8.57. The maximum absolute atomic E-state index is 13.2. The predicted octanol–water partition coefficient (Wildman–Crippen LogP) is 3.22. The molecule has 0 aliphatic carbocycles. The fraction of sp³-hybridized carbons (Fsp3) is 0.625. The number of carbonyl (C=O) groups excluding carboxylic acids is 2. The Bertz CT molecular complexity index is 864. The number of carboxylic acids is 1. The molecule has 0 aromatic heterocycles. The lowest BCUT2D eigenvalue weighted by molar-refractivity contribution is -0.192. The Hall–Kier alpha value is -2.18. The molecule has 2 heterocycles. The molecule has 0 bridgehead atoms. The Morgan fingerprint density at radius 2 is 1.69 bits per heavy atom. The molecule has 2 aliphatic heterocycles. The van der Waals surface area contributed by atoms with E-state index in [9.17, 15) is 22.8 Å². The summed E-state index contributed by atoms with van der Waals surface area (Å²) in [6, 6.07) is 8.05. The lowest BCUT2D eigenvalue weighted by atomic mass is 10.0. The molecule has 8 nitrogen and oxygen atoms in total. The highest BCUT2D eigenvalue weighted by molar-refractivity contribution is 9.10. The number of carboxylic acid groups (broad SMARTS) is 1. The van der Waals surface area contributed by atoms with E-state index in [1.165, 1.54) is 19.3 Å². The summed E-state index contributed by atoms with van der Waals surface area (Å²) in [5, 5.41) is 10.4. The second-order valence-electron chi connectivity index (χ2n) is 8.86. The molecule has 36 heavy (non-hydrogen) atoms. The second kappa shape index (κ2) is 14.5. The molecule has 1 aromatic rings. The zero-order valence-electron chi connectivity index (χ0n) is 20.4. The molecule has 0 spiro atoms. The number of piperidine rings is 1. The van der Waals surface area contributed by atoms with Crippen LogP contribution in [0.4, 0.5) is 13.2 Å². The molecular formula is C24H34BrF3N4O4. The number of amides is 2. The first-order chi connectivity index (χ1) is 17.0. The molecule has 2 amide bonds. The Labute approximate surface area is 217 Å². The number of aliphatic carboxylic acids is 1. The molecule has 12 heteroatoms. The first kappa shape index (κ1) is 30.0. The van der Waals surface area contributed by atoms with Crippen LogP contribution in [-0.2, 0) is 9.59 Å². The highest BCUT2D eigenvalue weighted by Crippen LogP contribution is 2.17. The third-order valence-electron chi connectivity index (χ3n) is 6.28. The van der Waals surface area contributed by atoms with Crippen LogP contribution < -0.4 is 5.32 Å². The normalized spacial score (nSPS) is 18.7. The largest absolute Gasteiger partial charge is 0.490 e. The van der Waals surface area contributed by atoms with Crippen LogP contribution in [0.25, 0.3) is 0 Å².